The lowest BCUT2D eigenvalue weighted by Crippen LogP contribution is -2.31. The summed E-state index contributed by atoms with van der Waals surface area (Å²) in [7, 11) is 1.75. The molecule has 6 nitrogen and oxygen atoms in total. The van der Waals surface area contributed by atoms with Crippen molar-refractivity contribution in [3.8, 4) is 17.2 Å². The fourth-order valence-corrected chi connectivity index (χ4v) is 2.65. The van der Waals surface area contributed by atoms with Crippen LogP contribution in [0.4, 0.5) is 0 Å². The van der Waals surface area contributed by atoms with E-state index >= 15 is 0 Å². The van der Waals surface area contributed by atoms with Crippen molar-refractivity contribution in [1.29, 1.82) is 0 Å². The fraction of sp³-hybridized carbons (Fsp3) is 0.286. The molecule has 3 rings (SSSR count). The first-order valence-electron chi connectivity index (χ1n) is 9.03. The molecule has 0 N–H and O–H groups in total. The van der Waals surface area contributed by atoms with Gasteiger partial charge in [0.05, 0.1) is 6.54 Å². The van der Waals surface area contributed by atoms with Crippen LogP contribution in [0.2, 0.25) is 5.02 Å². The first kappa shape index (κ1) is 19.9. The van der Waals surface area contributed by atoms with Crippen molar-refractivity contribution in [3.05, 3.63) is 65.0 Å². The smallest absolute Gasteiger partial charge is 0.247 e. The zero-order chi connectivity index (χ0) is 19.9. The largest absolute Gasteiger partial charge is 0.492 e. The summed E-state index contributed by atoms with van der Waals surface area (Å²) in [6, 6.07) is 15.0. The normalized spacial score (nSPS) is 10.7. The lowest BCUT2D eigenvalue weighted by molar-refractivity contribution is -0.130. The van der Waals surface area contributed by atoms with Gasteiger partial charge >= 0.3 is 0 Å². The molecule has 3 aromatic rings. The number of aryl methyl sites for hydroxylation is 2. The van der Waals surface area contributed by atoms with Gasteiger partial charge in [0, 0.05) is 30.5 Å². The Hall–Kier alpha value is -2.86. The van der Waals surface area contributed by atoms with Crippen molar-refractivity contribution in [1.82, 2.24) is 15.1 Å². The van der Waals surface area contributed by atoms with Crippen LogP contribution in [0.15, 0.2) is 52.9 Å². The van der Waals surface area contributed by atoms with Crippen molar-refractivity contribution >= 4 is 17.5 Å². The molecule has 0 saturated carbocycles. The third kappa shape index (κ3) is 5.57. The van der Waals surface area contributed by atoms with E-state index in [0.29, 0.717) is 42.8 Å². The van der Waals surface area contributed by atoms with Gasteiger partial charge in [-0.25, -0.2) is 0 Å². The molecule has 146 valence electrons. The van der Waals surface area contributed by atoms with Crippen LogP contribution in [0.3, 0.4) is 0 Å². The number of rotatable bonds is 8. The molecule has 1 heterocycles. The minimum absolute atomic E-state index is 0.00482. The second-order valence-corrected chi connectivity index (χ2v) is 6.92. The summed E-state index contributed by atoms with van der Waals surface area (Å²) in [5, 5.41) is 8.75. The summed E-state index contributed by atoms with van der Waals surface area (Å²) in [6.45, 7) is 2.91. The van der Waals surface area contributed by atoms with Crippen molar-refractivity contribution in [2.75, 3.05) is 20.2 Å². The molecule has 7 heteroatoms. The molecular weight excluding hydrogens is 378 g/mol. The molecule has 0 aliphatic rings. The van der Waals surface area contributed by atoms with E-state index < -0.39 is 0 Å². The molecule has 0 spiro atoms. The highest BCUT2D eigenvalue weighted by Crippen LogP contribution is 2.19. The Bertz CT molecular complexity index is 907. The van der Waals surface area contributed by atoms with E-state index in [2.05, 4.69) is 10.2 Å². The van der Waals surface area contributed by atoms with Gasteiger partial charge in [-0.2, -0.15) is 0 Å². The summed E-state index contributed by atoms with van der Waals surface area (Å²) in [6.07, 6.45) is 0.701. The van der Waals surface area contributed by atoms with Crippen LogP contribution < -0.4 is 4.74 Å². The van der Waals surface area contributed by atoms with Crippen LogP contribution in [0.25, 0.3) is 11.5 Å². The van der Waals surface area contributed by atoms with E-state index in [1.807, 2.05) is 31.2 Å². The zero-order valence-corrected chi connectivity index (χ0v) is 16.6. The zero-order valence-electron chi connectivity index (χ0n) is 15.9. The molecule has 0 bridgehead atoms. The molecule has 0 aliphatic heterocycles. The number of halogens is 1. The molecule has 0 unspecified atom stereocenters. The maximum atomic E-state index is 12.3. The number of hydrogen-bond acceptors (Lipinski definition) is 5. The average Bonchev–Trinajstić information content (AvgIpc) is 3.17. The minimum atomic E-state index is -0.00482. The highest BCUT2D eigenvalue weighted by molar-refractivity contribution is 6.30. The van der Waals surface area contributed by atoms with Gasteiger partial charge in [0.25, 0.3) is 0 Å². The quantitative estimate of drug-likeness (QED) is 0.568. The topological polar surface area (TPSA) is 68.5 Å². The lowest BCUT2D eigenvalue weighted by atomic mass is 10.1. The summed E-state index contributed by atoms with van der Waals surface area (Å²) >= 11 is 5.84. The Morgan fingerprint density at radius 3 is 2.54 bits per heavy atom. The second-order valence-electron chi connectivity index (χ2n) is 6.48. The maximum absolute atomic E-state index is 12.3. The van der Waals surface area contributed by atoms with E-state index in [1.54, 1.807) is 36.2 Å². The predicted octanol–water partition coefficient (Wildman–Crippen LogP) is 4.17. The first-order chi connectivity index (χ1) is 13.5. The third-order valence-electron chi connectivity index (χ3n) is 4.25. The number of likely N-dealkylation sites (N-methyl/N-ethyl adjacent to an activating group) is 1. The van der Waals surface area contributed by atoms with Crippen LogP contribution in [0.5, 0.6) is 5.75 Å². The summed E-state index contributed by atoms with van der Waals surface area (Å²) in [4.78, 5) is 13.9. The van der Waals surface area contributed by atoms with Gasteiger partial charge < -0.3 is 14.1 Å². The Morgan fingerprint density at radius 1 is 1.11 bits per heavy atom. The number of carbonyl (C=O) groups is 1. The van der Waals surface area contributed by atoms with E-state index in [4.69, 9.17) is 20.8 Å². The number of amides is 1. The highest BCUT2D eigenvalue weighted by Gasteiger charge is 2.13. The van der Waals surface area contributed by atoms with Crippen LogP contribution >= 0.6 is 11.6 Å². The van der Waals surface area contributed by atoms with Gasteiger partial charge in [-0.05, 0) is 43.3 Å². The number of benzene rings is 2. The van der Waals surface area contributed by atoms with Crippen molar-refractivity contribution in [2.45, 2.75) is 19.8 Å². The van der Waals surface area contributed by atoms with Gasteiger partial charge in [0.2, 0.25) is 17.7 Å². The first-order valence-corrected chi connectivity index (χ1v) is 9.41. The summed E-state index contributed by atoms with van der Waals surface area (Å²) in [5.74, 6) is 1.64. The van der Waals surface area contributed by atoms with Crippen LogP contribution in [-0.2, 0) is 11.2 Å². The van der Waals surface area contributed by atoms with E-state index in [0.717, 1.165) is 16.9 Å². The highest BCUT2D eigenvalue weighted by atomic mass is 35.5. The number of carbonyl (C=O) groups excluding carboxylic acids is 1. The molecule has 0 atom stereocenters. The molecule has 0 aliphatic carbocycles. The SMILES string of the molecule is Cc1ccc(-c2nnc(CCC(=O)N(C)CCOc3ccc(Cl)cc3)o2)cc1. The molecule has 2 aromatic carbocycles. The predicted molar refractivity (Wildman–Crippen MR) is 107 cm³/mol. The standard InChI is InChI=1S/C21H22ClN3O3/c1-15-3-5-16(6-4-15)21-24-23-19(28-21)11-12-20(26)25(2)13-14-27-18-9-7-17(22)8-10-18/h3-10H,11-14H2,1-2H3. The van der Waals surface area contributed by atoms with Crippen LogP contribution in [-0.4, -0.2) is 41.2 Å². The second kappa shape index (κ2) is 9.37. The number of ether oxygens (including phenoxy) is 1. The molecule has 28 heavy (non-hydrogen) atoms. The van der Waals surface area contributed by atoms with Crippen LogP contribution in [0, 0.1) is 6.92 Å². The Labute approximate surface area is 169 Å². The van der Waals surface area contributed by atoms with Crippen molar-refractivity contribution in [2.24, 2.45) is 0 Å². The molecule has 1 aromatic heterocycles. The van der Waals surface area contributed by atoms with Gasteiger partial charge in [-0.15, -0.1) is 10.2 Å². The monoisotopic (exact) mass is 399 g/mol. The molecule has 0 fully saturated rings. The third-order valence-corrected chi connectivity index (χ3v) is 4.50. The lowest BCUT2D eigenvalue weighted by Gasteiger charge is -2.17. The van der Waals surface area contributed by atoms with Gasteiger partial charge in [-0.3, -0.25) is 4.79 Å². The number of nitrogens with zero attached hydrogens (tertiary/aromatic N) is 3. The van der Waals surface area contributed by atoms with Crippen molar-refractivity contribution < 1.29 is 13.9 Å². The summed E-state index contributed by atoms with van der Waals surface area (Å²) < 4.78 is 11.3. The van der Waals surface area contributed by atoms with E-state index in [9.17, 15) is 4.79 Å². The van der Waals surface area contributed by atoms with Gasteiger partial charge in [0.15, 0.2) is 0 Å². The van der Waals surface area contributed by atoms with E-state index in [1.165, 1.54) is 0 Å². The average molecular weight is 400 g/mol. The molecule has 0 saturated heterocycles. The molecular formula is C21H22ClN3O3. The van der Waals surface area contributed by atoms with E-state index in [-0.39, 0.29) is 5.91 Å². The molecule has 1 amide bonds. The van der Waals surface area contributed by atoms with Gasteiger partial charge in [-0.1, -0.05) is 29.3 Å². The molecule has 0 radical (unpaired) electrons. The number of hydrogen-bond donors (Lipinski definition) is 0. The van der Waals surface area contributed by atoms with Crippen LogP contribution in [0.1, 0.15) is 17.9 Å². The van der Waals surface area contributed by atoms with Gasteiger partial charge in [0.1, 0.15) is 12.4 Å². The maximum Gasteiger partial charge on any atom is 0.247 e. The summed E-state index contributed by atoms with van der Waals surface area (Å²) in [5.41, 5.74) is 2.03. The fourth-order valence-electron chi connectivity index (χ4n) is 2.53. The van der Waals surface area contributed by atoms with Crippen molar-refractivity contribution in [3.63, 3.8) is 0 Å². The Kier molecular flexibility index (Phi) is 6.66. The Balaban J connectivity index is 1.43. The number of aromatic nitrogens is 2. The minimum Gasteiger partial charge on any atom is -0.492 e. The Morgan fingerprint density at radius 2 is 1.82 bits per heavy atom.